The Morgan fingerprint density at radius 1 is 1.20 bits per heavy atom. The fourth-order valence-electron chi connectivity index (χ4n) is 2.96. The van der Waals surface area contributed by atoms with E-state index in [1.807, 2.05) is 6.92 Å². The first kappa shape index (κ1) is 19.1. The minimum Gasteiger partial charge on any atom is -0.493 e. The molecule has 0 radical (unpaired) electrons. The van der Waals surface area contributed by atoms with E-state index in [2.05, 4.69) is 12.2 Å². The number of hydrogen-bond acceptors (Lipinski definition) is 4. The molecule has 1 saturated heterocycles. The summed E-state index contributed by atoms with van der Waals surface area (Å²) in [7, 11) is 3.11. The SMILES string of the molecule is CC[C@H](C)NC(=O)C1CCN(C(=O)c2ccc(OC)c(OC)c2)CC1. The van der Waals surface area contributed by atoms with Gasteiger partial charge in [-0.25, -0.2) is 0 Å². The number of benzene rings is 1. The van der Waals surface area contributed by atoms with Crippen LogP contribution in [0.4, 0.5) is 0 Å². The Morgan fingerprint density at radius 3 is 2.40 bits per heavy atom. The van der Waals surface area contributed by atoms with Crippen LogP contribution in [0.15, 0.2) is 18.2 Å². The lowest BCUT2D eigenvalue weighted by Gasteiger charge is -2.32. The Kier molecular flexibility index (Phi) is 6.67. The van der Waals surface area contributed by atoms with Crippen molar-refractivity contribution in [2.45, 2.75) is 39.2 Å². The summed E-state index contributed by atoms with van der Waals surface area (Å²) in [6.45, 7) is 5.24. The summed E-state index contributed by atoms with van der Waals surface area (Å²) in [5, 5.41) is 3.03. The maximum absolute atomic E-state index is 12.7. The molecule has 2 amide bonds. The van der Waals surface area contributed by atoms with Crippen molar-refractivity contribution in [3.05, 3.63) is 23.8 Å². The number of nitrogens with zero attached hydrogens (tertiary/aromatic N) is 1. The van der Waals surface area contributed by atoms with Crippen LogP contribution in [-0.4, -0.2) is 50.1 Å². The summed E-state index contributed by atoms with van der Waals surface area (Å²) in [5.41, 5.74) is 0.570. The van der Waals surface area contributed by atoms with Gasteiger partial charge in [-0.05, 0) is 44.4 Å². The quantitative estimate of drug-likeness (QED) is 0.857. The molecule has 1 aliphatic rings. The van der Waals surface area contributed by atoms with E-state index in [1.165, 1.54) is 0 Å². The molecule has 138 valence electrons. The Hall–Kier alpha value is -2.24. The number of ether oxygens (including phenoxy) is 2. The molecule has 1 fully saturated rings. The summed E-state index contributed by atoms with van der Waals surface area (Å²) in [4.78, 5) is 26.7. The van der Waals surface area contributed by atoms with Crippen LogP contribution in [0.1, 0.15) is 43.5 Å². The molecular formula is C19H28N2O4. The van der Waals surface area contributed by atoms with Gasteiger partial charge in [0.25, 0.3) is 5.91 Å². The molecule has 1 aromatic carbocycles. The predicted molar refractivity (Wildman–Crippen MR) is 96.1 cm³/mol. The molecule has 6 nitrogen and oxygen atoms in total. The van der Waals surface area contributed by atoms with Crippen molar-refractivity contribution in [3.8, 4) is 11.5 Å². The number of nitrogens with one attached hydrogen (secondary N) is 1. The van der Waals surface area contributed by atoms with Crippen molar-refractivity contribution in [2.24, 2.45) is 5.92 Å². The van der Waals surface area contributed by atoms with Gasteiger partial charge in [-0.2, -0.15) is 0 Å². The third-order valence-electron chi connectivity index (χ3n) is 4.78. The maximum atomic E-state index is 12.7. The topological polar surface area (TPSA) is 67.9 Å². The molecule has 0 aliphatic carbocycles. The van der Waals surface area contributed by atoms with Crippen molar-refractivity contribution in [2.75, 3.05) is 27.3 Å². The molecule has 1 N–H and O–H groups in total. The maximum Gasteiger partial charge on any atom is 0.253 e. The van der Waals surface area contributed by atoms with Crippen molar-refractivity contribution < 1.29 is 19.1 Å². The lowest BCUT2D eigenvalue weighted by Crippen LogP contribution is -2.44. The number of likely N-dealkylation sites (tertiary alicyclic amines) is 1. The molecule has 0 aromatic heterocycles. The second kappa shape index (κ2) is 8.74. The van der Waals surface area contributed by atoms with Gasteiger partial charge < -0.3 is 19.7 Å². The van der Waals surface area contributed by atoms with Crippen LogP contribution in [0.3, 0.4) is 0 Å². The predicted octanol–water partition coefficient (Wildman–Crippen LogP) is 2.47. The highest BCUT2D eigenvalue weighted by atomic mass is 16.5. The summed E-state index contributed by atoms with van der Waals surface area (Å²) >= 11 is 0. The first-order valence-electron chi connectivity index (χ1n) is 8.81. The smallest absolute Gasteiger partial charge is 0.253 e. The third kappa shape index (κ3) is 4.65. The lowest BCUT2D eigenvalue weighted by molar-refractivity contribution is -0.126. The Labute approximate surface area is 149 Å². The third-order valence-corrected chi connectivity index (χ3v) is 4.78. The molecule has 0 bridgehead atoms. The fraction of sp³-hybridized carbons (Fsp3) is 0.579. The first-order chi connectivity index (χ1) is 12.0. The van der Waals surface area contributed by atoms with E-state index < -0.39 is 0 Å². The molecule has 1 aromatic rings. The van der Waals surface area contributed by atoms with Crippen LogP contribution in [0.2, 0.25) is 0 Å². The van der Waals surface area contributed by atoms with Crippen LogP contribution in [0.25, 0.3) is 0 Å². The molecular weight excluding hydrogens is 320 g/mol. The largest absolute Gasteiger partial charge is 0.493 e. The molecule has 25 heavy (non-hydrogen) atoms. The van der Waals surface area contributed by atoms with Gasteiger partial charge in [0.05, 0.1) is 14.2 Å². The van der Waals surface area contributed by atoms with E-state index in [1.54, 1.807) is 37.3 Å². The Bertz CT molecular complexity index is 609. The lowest BCUT2D eigenvalue weighted by atomic mass is 9.95. The van der Waals surface area contributed by atoms with E-state index in [0.717, 1.165) is 6.42 Å². The van der Waals surface area contributed by atoms with Gasteiger partial charge in [-0.1, -0.05) is 6.92 Å². The van der Waals surface area contributed by atoms with Crippen molar-refractivity contribution >= 4 is 11.8 Å². The number of carbonyl (C=O) groups excluding carboxylic acids is 2. The van der Waals surface area contributed by atoms with Gasteiger partial charge in [0.15, 0.2) is 11.5 Å². The highest BCUT2D eigenvalue weighted by Gasteiger charge is 2.28. The number of amides is 2. The van der Waals surface area contributed by atoms with E-state index in [0.29, 0.717) is 43.0 Å². The van der Waals surface area contributed by atoms with Crippen molar-refractivity contribution in [1.82, 2.24) is 10.2 Å². The van der Waals surface area contributed by atoms with Gasteiger partial charge in [-0.15, -0.1) is 0 Å². The van der Waals surface area contributed by atoms with E-state index in [-0.39, 0.29) is 23.8 Å². The van der Waals surface area contributed by atoms with Crippen LogP contribution >= 0.6 is 0 Å². The fourth-order valence-corrected chi connectivity index (χ4v) is 2.96. The summed E-state index contributed by atoms with van der Waals surface area (Å²) in [5.74, 6) is 1.19. The molecule has 0 saturated carbocycles. The molecule has 0 spiro atoms. The van der Waals surface area contributed by atoms with Gasteiger partial charge >= 0.3 is 0 Å². The monoisotopic (exact) mass is 348 g/mol. The standard InChI is InChI=1S/C19H28N2O4/c1-5-13(2)20-18(22)14-8-10-21(11-9-14)19(23)15-6-7-16(24-3)17(12-15)25-4/h6-7,12-14H,5,8-11H2,1-4H3,(H,20,22)/t13-/m0/s1. The van der Waals surface area contributed by atoms with E-state index in [9.17, 15) is 9.59 Å². The molecule has 1 atom stereocenters. The molecule has 1 heterocycles. The molecule has 1 aliphatic heterocycles. The van der Waals surface area contributed by atoms with Crippen LogP contribution in [0.5, 0.6) is 11.5 Å². The molecule has 0 unspecified atom stereocenters. The van der Waals surface area contributed by atoms with Crippen LogP contribution < -0.4 is 14.8 Å². The Morgan fingerprint density at radius 2 is 1.84 bits per heavy atom. The highest BCUT2D eigenvalue weighted by Crippen LogP contribution is 2.28. The van der Waals surface area contributed by atoms with E-state index >= 15 is 0 Å². The van der Waals surface area contributed by atoms with Crippen LogP contribution in [0, 0.1) is 5.92 Å². The average Bonchev–Trinajstić information content (AvgIpc) is 2.66. The Balaban J connectivity index is 1.96. The van der Waals surface area contributed by atoms with Gasteiger partial charge in [0.2, 0.25) is 5.91 Å². The van der Waals surface area contributed by atoms with Crippen molar-refractivity contribution in [3.63, 3.8) is 0 Å². The first-order valence-corrected chi connectivity index (χ1v) is 8.81. The number of carbonyl (C=O) groups is 2. The number of rotatable bonds is 6. The second-order valence-corrected chi connectivity index (χ2v) is 6.45. The summed E-state index contributed by atoms with van der Waals surface area (Å²) < 4.78 is 10.5. The highest BCUT2D eigenvalue weighted by molar-refractivity contribution is 5.95. The average molecular weight is 348 g/mol. The second-order valence-electron chi connectivity index (χ2n) is 6.45. The van der Waals surface area contributed by atoms with Crippen molar-refractivity contribution in [1.29, 1.82) is 0 Å². The zero-order chi connectivity index (χ0) is 18.4. The number of methoxy groups -OCH3 is 2. The number of piperidine rings is 1. The van der Waals surface area contributed by atoms with Crippen LogP contribution in [-0.2, 0) is 4.79 Å². The summed E-state index contributed by atoms with van der Waals surface area (Å²) in [6, 6.07) is 5.37. The zero-order valence-electron chi connectivity index (χ0n) is 15.5. The van der Waals surface area contributed by atoms with Gasteiger partial charge in [-0.3, -0.25) is 9.59 Å². The summed E-state index contributed by atoms with van der Waals surface area (Å²) in [6.07, 6.45) is 2.31. The zero-order valence-corrected chi connectivity index (χ0v) is 15.5. The normalized spacial score (nSPS) is 16.2. The minimum absolute atomic E-state index is 0.0107. The number of hydrogen-bond donors (Lipinski definition) is 1. The van der Waals surface area contributed by atoms with Gasteiger partial charge in [0, 0.05) is 30.6 Å². The van der Waals surface area contributed by atoms with E-state index in [4.69, 9.17) is 9.47 Å². The van der Waals surface area contributed by atoms with Gasteiger partial charge in [0.1, 0.15) is 0 Å². The molecule has 6 heteroatoms. The minimum atomic E-state index is -0.0401. The molecule has 2 rings (SSSR count).